The molecule has 5 heterocycles. The third kappa shape index (κ3) is 4.43. The molecule has 0 spiro atoms. The summed E-state index contributed by atoms with van der Waals surface area (Å²) in [5.74, 6) is 5.04. The van der Waals surface area contributed by atoms with Crippen molar-refractivity contribution in [2.45, 2.75) is 39.7 Å². The Labute approximate surface area is 192 Å². The lowest BCUT2D eigenvalue weighted by atomic mass is 10.1. The van der Waals surface area contributed by atoms with E-state index in [-0.39, 0.29) is 5.91 Å². The van der Waals surface area contributed by atoms with Crippen molar-refractivity contribution >= 4 is 28.6 Å². The second-order valence-electron chi connectivity index (χ2n) is 8.89. The van der Waals surface area contributed by atoms with Crippen molar-refractivity contribution in [3.05, 3.63) is 54.3 Å². The monoisotopic (exact) mass is 441 g/mol. The van der Waals surface area contributed by atoms with E-state index in [9.17, 15) is 4.79 Å². The summed E-state index contributed by atoms with van der Waals surface area (Å²) in [4.78, 5) is 27.1. The minimum Gasteiger partial charge on any atom is -0.343 e. The SMILES string of the molecule is CC(=O)N1CCC(n2cc(-c3cnc4ccc(NC5=CC(C(C)C)=C=N5)nc4c3)cn2)CC1. The fourth-order valence-corrected chi connectivity index (χ4v) is 4.19. The number of amides is 1. The molecule has 0 bridgehead atoms. The number of carbonyl (C=O) groups excluding carboxylic acids is 1. The van der Waals surface area contributed by atoms with E-state index in [0.29, 0.717) is 12.0 Å². The molecule has 0 aliphatic carbocycles. The first-order valence-electron chi connectivity index (χ1n) is 11.4. The van der Waals surface area contributed by atoms with Gasteiger partial charge in [0.15, 0.2) is 0 Å². The quantitative estimate of drug-likeness (QED) is 0.641. The molecule has 1 N–H and O–H groups in total. The van der Waals surface area contributed by atoms with Crippen LogP contribution in [0.3, 0.4) is 0 Å². The highest BCUT2D eigenvalue weighted by Crippen LogP contribution is 2.27. The topological polar surface area (TPSA) is 88.3 Å². The van der Waals surface area contributed by atoms with Gasteiger partial charge in [0, 0.05) is 49.1 Å². The van der Waals surface area contributed by atoms with Crippen LogP contribution in [0.2, 0.25) is 0 Å². The third-order valence-corrected chi connectivity index (χ3v) is 6.23. The number of aliphatic imine (C=N–C) groups is 1. The zero-order chi connectivity index (χ0) is 22.9. The Balaban J connectivity index is 1.33. The minimum atomic E-state index is 0.144. The molecule has 2 aliphatic rings. The maximum atomic E-state index is 11.6. The number of rotatable bonds is 5. The number of piperidine rings is 1. The Morgan fingerprint density at radius 2 is 1.97 bits per heavy atom. The largest absolute Gasteiger partial charge is 0.343 e. The van der Waals surface area contributed by atoms with Gasteiger partial charge in [-0.2, -0.15) is 10.1 Å². The first kappa shape index (κ1) is 21.1. The van der Waals surface area contributed by atoms with E-state index in [0.717, 1.165) is 65.3 Å². The number of likely N-dealkylation sites (tertiary alicyclic amines) is 1. The standard InChI is InChI=1S/C25H27N7O/c1-16(2)18-11-25(27-12-18)30-24-5-4-22-23(29-24)10-19(13-26-22)20-14-28-32(15-20)21-6-8-31(9-7-21)17(3)33/h4-5,10-11,13-16,21H,6-9H2,1-3H3,(H,29,30). The Hall–Kier alpha value is -3.77. The van der Waals surface area contributed by atoms with Crippen molar-refractivity contribution in [2.24, 2.45) is 10.9 Å². The summed E-state index contributed by atoms with van der Waals surface area (Å²) in [6, 6.07) is 6.21. The van der Waals surface area contributed by atoms with Crippen molar-refractivity contribution in [2.75, 3.05) is 18.4 Å². The molecule has 1 amide bonds. The normalized spacial score (nSPS) is 16.4. The van der Waals surface area contributed by atoms with Crippen LogP contribution in [0.5, 0.6) is 0 Å². The van der Waals surface area contributed by atoms with E-state index in [1.54, 1.807) is 6.92 Å². The Kier molecular flexibility index (Phi) is 5.52. The molecular weight excluding hydrogens is 414 g/mol. The van der Waals surface area contributed by atoms with Crippen LogP contribution in [0, 0.1) is 5.92 Å². The summed E-state index contributed by atoms with van der Waals surface area (Å²) < 4.78 is 2.02. The molecule has 33 heavy (non-hydrogen) atoms. The van der Waals surface area contributed by atoms with E-state index < -0.39 is 0 Å². The zero-order valence-electron chi connectivity index (χ0n) is 19.1. The van der Waals surface area contributed by atoms with Gasteiger partial charge in [0.1, 0.15) is 11.6 Å². The molecule has 0 unspecified atom stereocenters. The number of nitrogens with one attached hydrogen (secondary N) is 1. The first-order chi connectivity index (χ1) is 16.0. The smallest absolute Gasteiger partial charge is 0.219 e. The minimum absolute atomic E-state index is 0.144. The summed E-state index contributed by atoms with van der Waals surface area (Å²) in [7, 11) is 0. The van der Waals surface area contributed by atoms with E-state index in [1.807, 2.05) is 46.3 Å². The van der Waals surface area contributed by atoms with Crippen molar-refractivity contribution < 1.29 is 4.79 Å². The van der Waals surface area contributed by atoms with Gasteiger partial charge in [0.2, 0.25) is 5.91 Å². The van der Waals surface area contributed by atoms with Crippen LogP contribution in [0.1, 0.15) is 39.7 Å². The van der Waals surface area contributed by atoms with E-state index in [1.165, 1.54) is 0 Å². The van der Waals surface area contributed by atoms with Crippen molar-refractivity contribution in [3.8, 4) is 11.1 Å². The van der Waals surface area contributed by atoms with Gasteiger partial charge in [-0.25, -0.2) is 4.98 Å². The van der Waals surface area contributed by atoms with Crippen LogP contribution < -0.4 is 5.32 Å². The van der Waals surface area contributed by atoms with Crippen LogP contribution in [0.25, 0.3) is 22.2 Å². The number of nitrogens with zero attached hydrogens (tertiary/aromatic N) is 6. The molecule has 8 nitrogen and oxygen atoms in total. The van der Waals surface area contributed by atoms with E-state index in [4.69, 9.17) is 4.98 Å². The van der Waals surface area contributed by atoms with Gasteiger partial charge in [0.25, 0.3) is 0 Å². The predicted molar refractivity (Wildman–Crippen MR) is 129 cm³/mol. The molecule has 0 radical (unpaired) electrons. The second kappa shape index (κ2) is 8.64. The predicted octanol–water partition coefficient (Wildman–Crippen LogP) is 4.20. The summed E-state index contributed by atoms with van der Waals surface area (Å²) >= 11 is 0. The van der Waals surface area contributed by atoms with Gasteiger partial charge in [-0.05, 0) is 48.9 Å². The Morgan fingerprint density at radius 1 is 1.15 bits per heavy atom. The van der Waals surface area contributed by atoms with Crippen LogP contribution in [0.4, 0.5) is 5.82 Å². The molecule has 2 aliphatic heterocycles. The van der Waals surface area contributed by atoms with Gasteiger partial charge >= 0.3 is 0 Å². The van der Waals surface area contributed by atoms with Crippen molar-refractivity contribution in [3.63, 3.8) is 0 Å². The molecule has 5 rings (SSSR count). The number of aromatic nitrogens is 4. The lowest BCUT2D eigenvalue weighted by Gasteiger charge is -2.31. The number of carbonyl (C=O) groups is 1. The Morgan fingerprint density at radius 3 is 2.70 bits per heavy atom. The highest BCUT2D eigenvalue weighted by atomic mass is 16.2. The Bertz CT molecular complexity index is 1310. The maximum absolute atomic E-state index is 11.6. The maximum Gasteiger partial charge on any atom is 0.219 e. The molecule has 8 heteroatoms. The van der Waals surface area contributed by atoms with Gasteiger partial charge in [-0.1, -0.05) is 13.8 Å². The molecule has 1 fully saturated rings. The highest BCUT2D eigenvalue weighted by Gasteiger charge is 2.22. The van der Waals surface area contributed by atoms with Crippen LogP contribution in [0.15, 0.2) is 59.3 Å². The van der Waals surface area contributed by atoms with Gasteiger partial charge in [-0.15, -0.1) is 0 Å². The number of allylic oxidation sites excluding steroid dienone is 2. The van der Waals surface area contributed by atoms with Gasteiger partial charge in [0.05, 0.1) is 23.3 Å². The fourth-order valence-electron chi connectivity index (χ4n) is 4.19. The van der Waals surface area contributed by atoms with Crippen LogP contribution in [-0.2, 0) is 4.79 Å². The highest BCUT2D eigenvalue weighted by molar-refractivity contribution is 5.81. The third-order valence-electron chi connectivity index (χ3n) is 6.23. The summed E-state index contributed by atoms with van der Waals surface area (Å²) in [6.07, 6.45) is 9.63. The van der Waals surface area contributed by atoms with Crippen molar-refractivity contribution in [1.82, 2.24) is 24.6 Å². The molecule has 3 aromatic rings. The number of pyridine rings is 2. The average molecular weight is 442 g/mol. The molecule has 168 valence electrons. The summed E-state index contributed by atoms with van der Waals surface area (Å²) in [6.45, 7) is 7.43. The number of fused-ring (bicyclic) bond motifs is 1. The molecule has 1 saturated heterocycles. The zero-order valence-corrected chi connectivity index (χ0v) is 19.1. The van der Waals surface area contributed by atoms with Crippen LogP contribution in [-0.4, -0.2) is 49.5 Å². The molecule has 3 aromatic heterocycles. The van der Waals surface area contributed by atoms with Gasteiger partial charge < -0.3 is 10.2 Å². The average Bonchev–Trinajstić information content (AvgIpc) is 3.49. The molecule has 0 aromatic carbocycles. The first-order valence-corrected chi connectivity index (χ1v) is 11.4. The van der Waals surface area contributed by atoms with E-state index >= 15 is 0 Å². The number of anilines is 1. The fraction of sp³-hybridized carbons (Fsp3) is 0.360. The molecule has 0 atom stereocenters. The van der Waals surface area contributed by atoms with Crippen molar-refractivity contribution in [1.29, 1.82) is 0 Å². The second-order valence-corrected chi connectivity index (χ2v) is 8.89. The molecular formula is C25H27N7O. The van der Waals surface area contributed by atoms with Gasteiger partial charge in [-0.3, -0.25) is 14.5 Å². The lowest BCUT2D eigenvalue weighted by Crippen LogP contribution is -2.37. The summed E-state index contributed by atoms with van der Waals surface area (Å²) in [5, 5.41) is 7.86. The number of hydrogen-bond donors (Lipinski definition) is 1. The summed E-state index contributed by atoms with van der Waals surface area (Å²) in [5.41, 5.74) is 4.69. The number of hydrogen-bond acceptors (Lipinski definition) is 6. The van der Waals surface area contributed by atoms with E-state index in [2.05, 4.69) is 46.3 Å². The van der Waals surface area contributed by atoms with Crippen LogP contribution >= 0.6 is 0 Å². The lowest BCUT2D eigenvalue weighted by molar-refractivity contribution is -0.130. The molecule has 0 saturated carbocycles.